The number of carbonyl (C=O) groups excluding carboxylic acids is 1. The summed E-state index contributed by atoms with van der Waals surface area (Å²) >= 11 is 0. The number of amides is 1. The quantitative estimate of drug-likeness (QED) is 0.361. The number of nitrogens with zero attached hydrogens (tertiary/aromatic N) is 1. The van der Waals surface area contributed by atoms with Crippen LogP contribution in [0.3, 0.4) is 0 Å². The maximum absolute atomic E-state index is 12.8. The van der Waals surface area contributed by atoms with Crippen LogP contribution < -0.4 is 10.1 Å². The number of benzene rings is 4. The molecule has 4 nitrogen and oxygen atoms in total. The fourth-order valence-electron chi connectivity index (χ4n) is 4.64. The third-order valence-corrected chi connectivity index (χ3v) is 6.60. The molecule has 0 atom stereocenters. The van der Waals surface area contributed by atoms with Crippen LogP contribution in [0.1, 0.15) is 24.0 Å². The molecule has 0 aromatic heterocycles. The highest BCUT2D eigenvalue weighted by molar-refractivity contribution is 5.92. The first-order valence-electron chi connectivity index (χ1n) is 12.0. The molecular formula is C30H30N2O2. The molecule has 4 aromatic rings. The summed E-state index contributed by atoms with van der Waals surface area (Å²) in [6.45, 7) is 3.34. The molecule has 4 aromatic carbocycles. The lowest BCUT2D eigenvalue weighted by atomic mass is 9.95. The summed E-state index contributed by atoms with van der Waals surface area (Å²) in [5.41, 5.74) is 3.30. The number of hydrogen-bond donors (Lipinski definition) is 1. The van der Waals surface area contributed by atoms with E-state index in [2.05, 4.69) is 52.7 Å². The second-order valence-corrected chi connectivity index (χ2v) is 8.98. The number of carbonyl (C=O) groups is 1. The van der Waals surface area contributed by atoms with Crippen molar-refractivity contribution < 1.29 is 9.53 Å². The largest absolute Gasteiger partial charge is 0.489 e. The van der Waals surface area contributed by atoms with Crippen LogP contribution in [0.2, 0.25) is 0 Å². The van der Waals surface area contributed by atoms with Gasteiger partial charge in [-0.3, -0.25) is 9.69 Å². The van der Waals surface area contributed by atoms with E-state index in [0.29, 0.717) is 6.61 Å². The van der Waals surface area contributed by atoms with Crippen LogP contribution in [0, 0.1) is 5.92 Å². The summed E-state index contributed by atoms with van der Waals surface area (Å²) in [4.78, 5) is 15.3. The molecule has 1 aliphatic heterocycles. The predicted octanol–water partition coefficient (Wildman–Crippen LogP) is 6.27. The van der Waals surface area contributed by atoms with E-state index >= 15 is 0 Å². The second-order valence-electron chi connectivity index (χ2n) is 8.98. The van der Waals surface area contributed by atoms with E-state index in [0.717, 1.165) is 49.5 Å². The fraction of sp³-hybridized carbons (Fsp3) is 0.233. The average Bonchev–Trinajstić information content (AvgIpc) is 2.89. The number of fused-ring (bicyclic) bond motifs is 1. The normalized spacial score (nSPS) is 14.7. The van der Waals surface area contributed by atoms with Gasteiger partial charge in [0.25, 0.3) is 0 Å². The van der Waals surface area contributed by atoms with Crippen molar-refractivity contribution in [3.63, 3.8) is 0 Å². The Kier molecular flexibility index (Phi) is 6.87. The van der Waals surface area contributed by atoms with Crippen molar-refractivity contribution in [2.45, 2.75) is 26.0 Å². The smallest absolute Gasteiger partial charge is 0.227 e. The monoisotopic (exact) mass is 450 g/mol. The third-order valence-electron chi connectivity index (χ3n) is 6.60. The fourth-order valence-corrected chi connectivity index (χ4v) is 4.64. The van der Waals surface area contributed by atoms with Gasteiger partial charge in [-0.15, -0.1) is 0 Å². The van der Waals surface area contributed by atoms with Crippen molar-refractivity contribution in [3.8, 4) is 5.75 Å². The maximum Gasteiger partial charge on any atom is 0.227 e. The Bertz CT molecular complexity index is 1220. The third kappa shape index (κ3) is 5.46. The summed E-state index contributed by atoms with van der Waals surface area (Å²) in [6, 6.07) is 32.8. The minimum Gasteiger partial charge on any atom is -0.489 e. The molecule has 0 unspecified atom stereocenters. The number of anilines is 1. The lowest BCUT2D eigenvalue weighted by molar-refractivity contribution is -0.121. The van der Waals surface area contributed by atoms with Gasteiger partial charge in [0.05, 0.1) is 0 Å². The summed E-state index contributed by atoms with van der Waals surface area (Å²) < 4.78 is 5.84. The molecular weight excluding hydrogens is 420 g/mol. The van der Waals surface area contributed by atoms with Gasteiger partial charge in [-0.05, 0) is 72.1 Å². The molecule has 34 heavy (non-hydrogen) atoms. The molecule has 5 rings (SSSR count). The molecule has 172 valence electrons. The molecule has 1 N–H and O–H groups in total. The molecule has 0 radical (unpaired) electrons. The average molecular weight is 451 g/mol. The van der Waals surface area contributed by atoms with E-state index in [9.17, 15) is 4.79 Å². The molecule has 4 heteroatoms. The zero-order valence-electron chi connectivity index (χ0n) is 19.3. The van der Waals surface area contributed by atoms with Gasteiger partial charge in [0.15, 0.2) is 0 Å². The van der Waals surface area contributed by atoms with E-state index in [1.165, 1.54) is 16.3 Å². The molecule has 1 aliphatic rings. The first kappa shape index (κ1) is 22.2. The van der Waals surface area contributed by atoms with E-state index in [-0.39, 0.29) is 11.8 Å². The van der Waals surface area contributed by atoms with E-state index in [4.69, 9.17) is 4.74 Å². The lowest BCUT2D eigenvalue weighted by Crippen LogP contribution is -2.37. The molecule has 0 bridgehead atoms. The van der Waals surface area contributed by atoms with Crippen molar-refractivity contribution >= 4 is 22.4 Å². The van der Waals surface area contributed by atoms with Crippen LogP contribution in [0.5, 0.6) is 5.75 Å². The highest BCUT2D eigenvalue weighted by atomic mass is 16.5. The topological polar surface area (TPSA) is 41.6 Å². The summed E-state index contributed by atoms with van der Waals surface area (Å²) in [7, 11) is 0. The van der Waals surface area contributed by atoms with Crippen molar-refractivity contribution in [2.75, 3.05) is 18.4 Å². The molecule has 1 amide bonds. The Morgan fingerprint density at radius 1 is 0.824 bits per heavy atom. The van der Waals surface area contributed by atoms with Crippen LogP contribution in [0.4, 0.5) is 5.69 Å². The number of nitrogens with one attached hydrogen (secondary N) is 1. The van der Waals surface area contributed by atoms with Gasteiger partial charge in [0.2, 0.25) is 5.91 Å². The minimum absolute atomic E-state index is 0.0535. The highest BCUT2D eigenvalue weighted by Crippen LogP contribution is 2.25. The Labute approximate surface area is 201 Å². The number of ether oxygens (including phenoxy) is 1. The first-order valence-corrected chi connectivity index (χ1v) is 12.0. The molecule has 1 heterocycles. The van der Waals surface area contributed by atoms with E-state index in [1.807, 2.05) is 54.6 Å². The highest BCUT2D eigenvalue weighted by Gasteiger charge is 2.25. The zero-order valence-corrected chi connectivity index (χ0v) is 19.3. The molecule has 0 spiro atoms. The predicted molar refractivity (Wildman–Crippen MR) is 138 cm³/mol. The van der Waals surface area contributed by atoms with Crippen molar-refractivity contribution in [2.24, 2.45) is 5.92 Å². The molecule has 1 saturated heterocycles. The van der Waals surface area contributed by atoms with Crippen LogP contribution in [-0.2, 0) is 17.9 Å². The second kappa shape index (κ2) is 10.5. The molecule has 0 aliphatic carbocycles. The Morgan fingerprint density at radius 3 is 2.32 bits per heavy atom. The van der Waals surface area contributed by atoms with Crippen LogP contribution in [-0.4, -0.2) is 23.9 Å². The van der Waals surface area contributed by atoms with E-state index in [1.54, 1.807) is 0 Å². The maximum atomic E-state index is 12.8. The van der Waals surface area contributed by atoms with Crippen LogP contribution >= 0.6 is 0 Å². The van der Waals surface area contributed by atoms with Crippen molar-refractivity contribution in [3.05, 3.63) is 108 Å². The minimum atomic E-state index is 0.0535. The zero-order chi connectivity index (χ0) is 23.2. The van der Waals surface area contributed by atoms with Gasteiger partial charge in [0, 0.05) is 18.2 Å². The summed E-state index contributed by atoms with van der Waals surface area (Å²) in [5.74, 6) is 0.962. The van der Waals surface area contributed by atoms with Crippen LogP contribution in [0.25, 0.3) is 10.8 Å². The number of hydrogen-bond acceptors (Lipinski definition) is 3. The first-order chi connectivity index (χ1) is 16.7. The van der Waals surface area contributed by atoms with Gasteiger partial charge in [0.1, 0.15) is 12.4 Å². The Morgan fingerprint density at radius 2 is 1.53 bits per heavy atom. The molecule has 1 fully saturated rings. The standard InChI is InChI=1S/C30H30N2O2/c33-30(31-27-13-15-28(16-14-27)34-22-23-7-2-1-3-8-23)25-17-19-32(20-18-25)21-26-11-6-10-24-9-4-5-12-29(24)26/h1-16,25H,17-22H2,(H,31,33). The van der Waals surface area contributed by atoms with Gasteiger partial charge in [-0.1, -0.05) is 72.8 Å². The SMILES string of the molecule is O=C(Nc1ccc(OCc2ccccc2)cc1)C1CCN(Cc2cccc3ccccc23)CC1. The molecule has 0 saturated carbocycles. The summed E-state index contributed by atoms with van der Waals surface area (Å²) in [6.07, 6.45) is 1.77. The van der Waals surface area contributed by atoms with E-state index < -0.39 is 0 Å². The van der Waals surface area contributed by atoms with Gasteiger partial charge < -0.3 is 10.1 Å². The Hall–Kier alpha value is -3.63. The number of rotatable bonds is 7. The van der Waals surface area contributed by atoms with Crippen molar-refractivity contribution in [1.29, 1.82) is 0 Å². The van der Waals surface area contributed by atoms with Gasteiger partial charge in [-0.25, -0.2) is 0 Å². The van der Waals surface area contributed by atoms with Gasteiger partial charge >= 0.3 is 0 Å². The van der Waals surface area contributed by atoms with Gasteiger partial charge in [-0.2, -0.15) is 0 Å². The number of likely N-dealkylation sites (tertiary alicyclic amines) is 1. The lowest BCUT2D eigenvalue weighted by Gasteiger charge is -2.31. The number of piperidine rings is 1. The van der Waals surface area contributed by atoms with Crippen LogP contribution in [0.15, 0.2) is 97.1 Å². The Balaban J connectivity index is 1.10. The van der Waals surface area contributed by atoms with Crippen molar-refractivity contribution in [1.82, 2.24) is 4.90 Å². The summed E-state index contributed by atoms with van der Waals surface area (Å²) in [5, 5.41) is 5.69.